The van der Waals surface area contributed by atoms with Crippen LogP contribution in [0.25, 0.3) is 0 Å². The molecule has 1 aromatic carbocycles. The molecule has 0 amide bonds. The quantitative estimate of drug-likeness (QED) is 0.494. The third kappa shape index (κ3) is 7.59. The summed E-state index contributed by atoms with van der Waals surface area (Å²) < 4.78 is 30.0. The van der Waals surface area contributed by atoms with Gasteiger partial charge in [-0.25, -0.2) is 13.1 Å². The molecule has 0 atom stereocenters. The highest BCUT2D eigenvalue weighted by Gasteiger charge is 2.20. The van der Waals surface area contributed by atoms with Gasteiger partial charge in [-0.2, -0.15) is 0 Å². The summed E-state index contributed by atoms with van der Waals surface area (Å²) in [5, 5.41) is 0. The Morgan fingerprint density at radius 2 is 1.96 bits per heavy atom. The summed E-state index contributed by atoms with van der Waals surface area (Å²) in [6.07, 6.45) is 5.98. The molecule has 0 fully saturated rings. The smallest absolute Gasteiger partial charge is 0.208 e. The molecule has 0 radical (unpaired) electrons. The van der Waals surface area contributed by atoms with Crippen LogP contribution in [0.15, 0.2) is 23.1 Å². The van der Waals surface area contributed by atoms with Crippen molar-refractivity contribution in [2.75, 3.05) is 19.4 Å². The zero-order valence-corrected chi connectivity index (χ0v) is 16.3. The second-order valence-corrected chi connectivity index (χ2v) is 8.85. The molecule has 0 aromatic heterocycles. The molecule has 1 aromatic rings. The molecule has 0 aliphatic carbocycles. The predicted octanol–water partition coefficient (Wildman–Crippen LogP) is 3.76. The van der Waals surface area contributed by atoms with Gasteiger partial charge in [-0.05, 0) is 29.5 Å². The monoisotopic (exact) mass is 359 g/mol. The molecule has 132 valence electrons. The molecule has 23 heavy (non-hydrogen) atoms. The average molecular weight is 360 g/mol. The van der Waals surface area contributed by atoms with Gasteiger partial charge in [0.05, 0.1) is 6.26 Å². The average Bonchev–Trinajstić information content (AvgIpc) is 2.44. The van der Waals surface area contributed by atoms with Crippen molar-refractivity contribution in [3.63, 3.8) is 0 Å². The van der Waals surface area contributed by atoms with Crippen LogP contribution in [0.3, 0.4) is 0 Å². The minimum atomic E-state index is -3.18. The van der Waals surface area contributed by atoms with Crippen molar-refractivity contribution in [1.29, 1.82) is 0 Å². The molecular weight excluding hydrogens is 330 g/mol. The SMILES string of the molecule is CCCCCC(C)(C)c1ccc(OCCNS(C)(=O)=O)c(S)c1. The van der Waals surface area contributed by atoms with Crippen LogP contribution in [0.5, 0.6) is 5.75 Å². The summed E-state index contributed by atoms with van der Waals surface area (Å²) in [4.78, 5) is 0.783. The Labute approximate surface area is 146 Å². The molecule has 1 N–H and O–H groups in total. The second kappa shape index (κ2) is 8.94. The Bertz CT molecular complexity index is 598. The number of rotatable bonds is 10. The Morgan fingerprint density at radius 1 is 1.26 bits per heavy atom. The second-order valence-electron chi connectivity index (χ2n) is 6.54. The van der Waals surface area contributed by atoms with Gasteiger partial charge in [-0.1, -0.05) is 46.1 Å². The van der Waals surface area contributed by atoms with Crippen molar-refractivity contribution < 1.29 is 13.2 Å². The number of nitrogens with one attached hydrogen (secondary N) is 1. The van der Waals surface area contributed by atoms with Crippen LogP contribution >= 0.6 is 12.6 Å². The zero-order valence-electron chi connectivity index (χ0n) is 14.6. The van der Waals surface area contributed by atoms with Gasteiger partial charge in [0.2, 0.25) is 10.0 Å². The van der Waals surface area contributed by atoms with E-state index in [1.165, 1.54) is 24.8 Å². The molecule has 0 saturated heterocycles. The number of thiol groups is 1. The third-order valence-corrected chi connectivity index (χ3v) is 4.95. The number of hydrogen-bond acceptors (Lipinski definition) is 4. The van der Waals surface area contributed by atoms with Gasteiger partial charge in [-0.15, -0.1) is 12.6 Å². The van der Waals surface area contributed by atoms with E-state index in [0.717, 1.165) is 17.6 Å². The Kier molecular flexibility index (Phi) is 7.90. The summed E-state index contributed by atoms with van der Waals surface area (Å²) in [7, 11) is -3.18. The molecule has 1 rings (SSSR count). The summed E-state index contributed by atoms with van der Waals surface area (Å²) in [5.41, 5.74) is 1.36. The van der Waals surface area contributed by atoms with E-state index in [1.54, 1.807) is 0 Å². The maximum absolute atomic E-state index is 11.0. The van der Waals surface area contributed by atoms with E-state index in [9.17, 15) is 8.42 Å². The van der Waals surface area contributed by atoms with E-state index in [-0.39, 0.29) is 18.6 Å². The summed E-state index contributed by atoms with van der Waals surface area (Å²) in [6, 6.07) is 6.04. The zero-order chi connectivity index (χ0) is 17.5. The largest absolute Gasteiger partial charge is 0.491 e. The Hall–Kier alpha value is -0.720. The van der Waals surface area contributed by atoms with Gasteiger partial charge in [0, 0.05) is 11.4 Å². The number of hydrogen-bond donors (Lipinski definition) is 2. The fraction of sp³-hybridized carbons (Fsp3) is 0.647. The van der Waals surface area contributed by atoms with Crippen LogP contribution in [0, 0.1) is 0 Å². The van der Waals surface area contributed by atoms with Crippen molar-refractivity contribution in [3.05, 3.63) is 23.8 Å². The number of unbranched alkanes of at least 4 members (excludes halogenated alkanes) is 2. The van der Waals surface area contributed by atoms with Crippen molar-refractivity contribution >= 4 is 22.7 Å². The summed E-state index contributed by atoms with van der Waals surface area (Å²) in [6.45, 7) is 7.24. The normalized spacial score (nSPS) is 12.4. The molecule has 0 bridgehead atoms. The topological polar surface area (TPSA) is 55.4 Å². The molecular formula is C17H29NO3S2. The highest BCUT2D eigenvalue weighted by Crippen LogP contribution is 2.33. The molecule has 0 unspecified atom stereocenters. The number of sulfonamides is 1. The predicted molar refractivity (Wildman–Crippen MR) is 99.2 cm³/mol. The molecule has 0 aliphatic rings. The highest BCUT2D eigenvalue weighted by atomic mass is 32.2. The van der Waals surface area contributed by atoms with Crippen LogP contribution in [-0.4, -0.2) is 27.8 Å². The van der Waals surface area contributed by atoms with Crippen LogP contribution in [0.1, 0.15) is 52.0 Å². The summed E-state index contributed by atoms with van der Waals surface area (Å²) >= 11 is 4.50. The highest BCUT2D eigenvalue weighted by molar-refractivity contribution is 7.88. The van der Waals surface area contributed by atoms with Crippen molar-refractivity contribution in [2.24, 2.45) is 0 Å². The summed E-state index contributed by atoms with van der Waals surface area (Å²) in [5.74, 6) is 0.678. The Balaban J connectivity index is 2.63. The van der Waals surface area contributed by atoms with Crippen molar-refractivity contribution in [2.45, 2.75) is 56.8 Å². The minimum absolute atomic E-state index is 0.114. The van der Waals surface area contributed by atoms with E-state index in [2.05, 4.69) is 44.2 Å². The first-order valence-corrected chi connectivity index (χ1v) is 10.4. The molecule has 0 spiro atoms. The molecule has 0 aliphatic heterocycles. The van der Waals surface area contributed by atoms with Gasteiger partial charge in [0.1, 0.15) is 12.4 Å². The fourth-order valence-electron chi connectivity index (χ4n) is 2.41. The van der Waals surface area contributed by atoms with Crippen molar-refractivity contribution in [1.82, 2.24) is 4.72 Å². The van der Waals surface area contributed by atoms with Crippen LogP contribution < -0.4 is 9.46 Å². The lowest BCUT2D eigenvalue weighted by molar-refractivity contribution is 0.315. The number of ether oxygens (including phenoxy) is 1. The van der Waals surface area contributed by atoms with Crippen LogP contribution in [-0.2, 0) is 15.4 Å². The first kappa shape index (κ1) is 20.3. The van der Waals surface area contributed by atoms with Gasteiger partial charge in [-0.3, -0.25) is 0 Å². The van der Waals surface area contributed by atoms with E-state index >= 15 is 0 Å². The molecule has 4 nitrogen and oxygen atoms in total. The van der Waals surface area contributed by atoms with E-state index in [0.29, 0.717) is 5.75 Å². The van der Waals surface area contributed by atoms with Gasteiger partial charge in [0.15, 0.2) is 0 Å². The maximum atomic E-state index is 11.0. The van der Waals surface area contributed by atoms with Crippen molar-refractivity contribution in [3.8, 4) is 5.75 Å². The molecule has 0 heterocycles. The standard InChI is InChI=1S/C17H29NO3S2/c1-5-6-7-10-17(2,3)14-8-9-15(16(22)13-14)21-12-11-18-23(4,19)20/h8-9,13,18,22H,5-7,10-12H2,1-4H3. The number of benzene rings is 1. The van der Waals surface area contributed by atoms with Gasteiger partial charge in [0.25, 0.3) is 0 Å². The lowest BCUT2D eigenvalue weighted by Gasteiger charge is -2.26. The third-order valence-electron chi connectivity index (χ3n) is 3.87. The first-order valence-electron chi connectivity index (χ1n) is 8.06. The lowest BCUT2D eigenvalue weighted by atomic mass is 9.80. The van der Waals surface area contributed by atoms with Crippen LogP contribution in [0.2, 0.25) is 0 Å². The van der Waals surface area contributed by atoms with E-state index < -0.39 is 10.0 Å². The minimum Gasteiger partial charge on any atom is -0.491 e. The van der Waals surface area contributed by atoms with Gasteiger partial charge >= 0.3 is 0 Å². The lowest BCUT2D eigenvalue weighted by Crippen LogP contribution is -2.27. The van der Waals surface area contributed by atoms with Gasteiger partial charge < -0.3 is 4.74 Å². The molecule has 6 heteroatoms. The van der Waals surface area contributed by atoms with E-state index in [4.69, 9.17) is 4.74 Å². The maximum Gasteiger partial charge on any atom is 0.208 e. The Morgan fingerprint density at radius 3 is 2.52 bits per heavy atom. The fourth-order valence-corrected chi connectivity index (χ4v) is 3.14. The molecule has 0 saturated carbocycles. The first-order chi connectivity index (χ1) is 10.7. The van der Waals surface area contributed by atoms with Crippen LogP contribution in [0.4, 0.5) is 0 Å². The van der Waals surface area contributed by atoms with E-state index in [1.807, 2.05) is 12.1 Å².